The summed E-state index contributed by atoms with van der Waals surface area (Å²) in [5.74, 6) is -2.37. The Morgan fingerprint density at radius 1 is 1.19 bits per heavy atom. The smallest absolute Gasteiger partial charge is 0.417 e. The van der Waals surface area contributed by atoms with Crippen LogP contribution in [0.1, 0.15) is 38.7 Å². The molecular formula is C21H28N4O6. The summed E-state index contributed by atoms with van der Waals surface area (Å²) in [6.07, 6.45) is -0.468. The molecule has 4 N–H and O–H groups in total. The van der Waals surface area contributed by atoms with E-state index in [1.807, 2.05) is 19.9 Å². The van der Waals surface area contributed by atoms with Crippen LogP contribution in [-0.2, 0) is 30.5 Å². The Hall–Kier alpha value is -3.43. The van der Waals surface area contributed by atoms with Gasteiger partial charge in [0.15, 0.2) is 0 Å². The van der Waals surface area contributed by atoms with Crippen molar-refractivity contribution >= 4 is 29.7 Å². The van der Waals surface area contributed by atoms with Gasteiger partial charge < -0.3 is 21.1 Å². The van der Waals surface area contributed by atoms with Crippen molar-refractivity contribution in [2.24, 2.45) is 11.7 Å². The van der Waals surface area contributed by atoms with Crippen molar-refractivity contribution in [1.82, 2.24) is 15.5 Å². The fraction of sp³-hybridized carbons (Fsp3) is 0.476. The van der Waals surface area contributed by atoms with Crippen LogP contribution in [0.15, 0.2) is 30.3 Å². The van der Waals surface area contributed by atoms with Gasteiger partial charge in [-0.3, -0.25) is 19.2 Å². The summed E-state index contributed by atoms with van der Waals surface area (Å²) in [6, 6.07) is 6.92. The SMILES string of the molecule is CC(C)C[C@@H](NC(=O)[C@@H]1CCC(=O)N1C(=O)OCc1ccccc1)C(=O)NCC(N)=O. The average molecular weight is 432 g/mol. The molecule has 1 fully saturated rings. The van der Waals surface area contributed by atoms with Gasteiger partial charge in [-0.1, -0.05) is 44.2 Å². The van der Waals surface area contributed by atoms with Gasteiger partial charge in [0.25, 0.3) is 0 Å². The predicted octanol–water partition coefficient (Wildman–Crippen LogP) is 0.447. The van der Waals surface area contributed by atoms with E-state index >= 15 is 0 Å². The normalized spacial score (nSPS) is 16.7. The maximum atomic E-state index is 12.8. The lowest BCUT2D eigenvalue weighted by Gasteiger charge is -2.25. The molecule has 1 aliphatic rings. The largest absolute Gasteiger partial charge is 0.444 e. The van der Waals surface area contributed by atoms with Gasteiger partial charge in [0.2, 0.25) is 23.6 Å². The molecule has 0 aromatic heterocycles. The molecule has 1 aromatic carbocycles. The molecule has 0 spiro atoms. The fourth-order valence-corrected chi connectivity index (χ4v) is 3.22. The van der Waals surface area contributed by atoms with Crippen molar-refractivity contribution in [3.63, 3.8) is 0 Å². The summed E-state index contributed by atoms with van der Waals surface area (Å²) >= 11 is 0. The highest BCUT2D eigenvalue weighted by Gasteiger charge is 2.42. The van der Waals surface area contributed by atoms with Crippen molar-refractivity contribution in [1.29, 1.82) is 0 Å². The van der Waals surface area contributed by atoms with E-state index in [0.29, 0.717) is 6.42 Å². The number of amides is 5. The highest BCUT2D eigenvalue weighted by molar-refractivity contribution is 6.01. The van der Waals surface area contributed by atoms with Crippen LogP contribution in [0.4, 0.5) is 4.79 Å². The summed E-state index contributed by atoms with van der Waals surface area (Å²) < 4.78 is 5.20. The van der Waals surface area contributed by atoms with E-state index in [4.69, 9.17) is 10.5 Å². The van der Waals surface area contributed by atoms with Crippen LogP contribution in [0, 0.1) is 5.92 Å². The molecule has 5 amide bonds. The van der Waals surface area contributed by atoms with Gasteiger partial charge in [0.05, 0.1) is 6.54 Å². The first kappa shape index (κ1) is 23.8. The van der Waals surface area contributed by atoms with Crippen LogP contribution in [0.25, 0.3) is 0 Å². The monoisotopic (exact) mass is 432 g/mol. The molecule has 168 valence electrons. The third-order valence-electron chi connectivity index (χ3n) is 4.69. The maximum absolute atomic E-state index is 12.8. The quantitative estimate of drug-likeness (QED) is 0.516. The summed E-state index contributed by atoms with van der Waals surface area (Å²) in [5.41, 5.74) is 5.79. The molecule has 0 unspecified atom stereocenters. The zero-order valence-corrected chi connectivity index (χ0v) is 17.6. The van der Waals surface area contributed by atoms with E-state index in [-0.39, 0.29) is 31.9 Å². The van der Waals surface area contributed by atoms with Gasteiger partial charge in [-0.25, -0.2) is 9.69 Å². The Balaban J connectivity index is 2.04. The summed E-state index contributed by atoms with van der Waals surface area (Å²) in [5, 5.41) is 4.95. The minimum Gasteiger partial charge on any atom is -0.444 e. The number of nitrogens with zero attached hydrogens (tertiary/aromatic N) is 1. The fourth-order valence-electron chi connectivity index (χ4n) is 3.22. The summed E-state index contributed by atoms with van der Waals surface area (Å²) in [4.78, 5) is 61.6. The number of primary amides is 1. The van der Waals surface area contributed by atoms with Crippen LogP contribution in [0.3, 0.4) is 0 Å². The average Bonchev–Trinajstić information content (AvgIpc) is 3.11. The third-order valence-corrected chi connectivity index (χ3v) is 4.69. The molecule has 1 aromatic rings. The Labute approximate surface area is 180 Å². The van der Waals surface area contributed by atoms with Crippen molar-refractivity contribution in [2.75, 3.05) is 6.54 Å². The van der Waals surface area contributed by atoms with Gasteiger partial charge in [0, 0.05) is 6.42 Å². The van der Waals surface area contributed by atoms with Crippen LogP contribution in [0.5, 0.6) is 0 Å². The highest BCUT2D eigenvalue weighted by Crippen LogP contribution is 2.21. The number of nitrogens with one attached hydrogen (secondary N) is 2. The van der Waals surface area contributed by atoms with Crippen LogP contribution in [-0.4, -0.2) is 53.3 Å². The van der Waals surface area contributed by atoms with Gasteiger partial charge in [-0.2, -0.15) is 0 Å². The van der Waals surface area contributed by atoms with Gasteiger partial charge in [-0.15, -0.1) is 0 Å². The topological polar surface area (TPSA) is 148 Å². The zero-order valence-electron chi connectivity index (χ0n) is 17.6. The second kappa shape index (κ2) is 11.1. The van der Waals surface area contributed by atoms with Crippen LogP contribution >= 0.6 is 0 Å². The standard InChI is InChI=1S/C21H28N4O6/c1-13(2)10-15(19(28)23-11-17(22)26)24-20(29)16-8-9-18(27)25(16)21(30)31-12-14-6-4-3-5-7-14/h3-7,13,15-16H,8-12H2,1-2H3,(H2,22,26)(H,23,28)(H,24,29)/t15-,16+/m1/s1. The molecule has 0 saturated carbocycles. The van der Waals surface area contributed by atoms with Crippen LogP contribution < -0.4 is 16.4 Å². The number of ether oxygens (including phenoxy) is 1. The molecule has 10 nitrogen and oxygen atoms in total. The van der Waals surface area contributed by atoms with E-state index in [0.717, 1.165) is 10.5 Å². The Morgan fingerprint density at radius 3 is 2.48 bits per heavy atom. The lowest BCUT2D eigenvalue weighted by atomic mass is 10.0. The van der Waals surface area contributed by atoms with E-state index in [1.165, 1.54) is 0 Å². The predicted molar refractivity (Wildman–Crippen MR) is 110 cm³/mol. The molecule has 1 aliphatic heterocycles. The Morgan fingerprint density at radius 2 is 1.87 bits per heavy atom. The molecule has 1 heterocycles. The van der Waals surface area contributed by atoms with Crippen molar-refractivity contribution in [2.45, 2.75) is 51.8 Å². The second-order valence-electron chi connectivity index (χ2n) is 7.73. The van der Waals surface area contributed by atoms with E-state index in [9.17, 15) is 24.0 Å². The second-order valence-corrected chi connectivity index (χ2v) is 7.73. The number of benzene rings is 1. The number of carbonyl (C=O) groups excluding carboxylic acids is 5. The highest BCUT2D eigenvalue weighted by atomic mass is 16.6. The first-order valence-electron chi connectivity index (χ1n) is 10.1. The number of carbonyl (C=O) groups is 5. The van der Waals surface area contributed by atoms with Gasteiger partial charge >= 0.3 is 6.09 Å². The van der Waals surface area contributed by atoms with E-state index in [1.54, 1.807) is 24.3 Å². The molecule has 31 heavy (non-hydrogen) atoms. The zero-order chi connectivity index (χ0) is 23.0. The summed E-state index contributed by atoms with van der Waals surface area (Å²) in [7, 11) is 0. The molecule has 2 atom stereocenters. The minimum absolute atomic E-state index is 0.0151. The van der Waals surface area contributed by atoms with Crippen molar-refractivity contribution < 1.29 is 28.7 Å². The lowest BCUT2D eigenvalue weighted by molar-refractivity contribution is -0.135. The van der Waals surface area contributed by atoms with E-state index in [2.05, 4.69) is 10.6 Å². The lowest BCUT2D eigenvalue weighted by Crippen LogP contribution is -2.54. The first-order chi connectivity index (χ1) is 14.7. The Bertz CT molecular complexity index is 826. The first-order valence-corrected chi connectivity index (χ1v) is 10.1. The van der Waals surface area contributed by atoms with Crippen molar-refractivity contribution in [3.8, 4) is 0 Å². The molecular weight excluding hydrogens is 404 g/mol. The van der Waals surface area contributed by atoms with Gasteiger partial charge in [0.1, 0.15) is 18.7 Å². The third kappa shape index (κ3) is 7.09. The molecule has 0 aliphatic carbocycles. The number of rotatable bonds is 9. The molecule has 1 saturated heterocycles. The van der Waals surface area contributed by atoms with E-state index < -0.39 is 41.8 Å². The molecule has 10 heteroatoms. The molecule has 0 bridgehead atoms. The van der Waals surface area contributed by atoms with Crippen LogP contribution in [0.2, 0.25) is 0 Å². The number of likely N-dealkylation sites (tertiary alicyclic amines) is 1. The summed E-state index contributed by atoms with van der Waals surface area (Å²) in [6.45, 7) is 3.34. The number of hydrogen-bond donors (Lipinski definition) is 3. The number of nitrogens with two attached hydrogens (primary N) is 1. The maximum Gasteiger partial charge on any atom is 0.417 e. The number of imide groups is 1. The minimum atomic E-state index is -1.07. The van der Waals surface area contributed by atoms with Crippen molar-refractivity contribution in [3.05, 3.63) is 35.9 Å². The Kier molecular flexibility index (Phi) is 8.53. The molecule has 2 rings (SSSR count). The van der Waals surface area contributed by atoms with Gasteiger partial charge in [-0.05, 0) is 24.3 Å². The number of hydrogen-bond acceptors (Lipinski definition) is 6. The molecule has 0 radical (unpaired) electrons.